The van der Waals surface area contributed by atoms with Gasteiger partial charge in [-0.2, -0.15) is 0 Å². The van der Waals surface area contributed by atoms with Gasteiger partial charge in [-0.1, -0.05) is 18.2 Å². The highest BCUT2D eigenvalue weighted by Crippen LogP contribution is 2.39. The number of para-hydroxylation sites is 1. The summed E-state index contributed by atoms with van der Waals surface area (Å²) in [5.41, 5.74) is 2.22. The van der Waals surface area contributed by atoms with Crippen molar-refractivity contribution >= 4 is 45.3 Å². The van der Waals surface area contributed by atoms with Crippen LogP contribution in [0.15, 0.2) is 30.3 Å². The maximum Gasteiger partial charge on any atom is 0.339 e. The summed E-state index contributed by atoms with van der Waals surface area (Å²) in [5.74, 6) is -0.889. The lowest BCUT2D eigenvalue weighted by Crippen LogP contribution is -2.19. The number of carbonyl (C=O) groups is 1. The third-order valence-electron chi connectivity index (χ3n) is 3.39. The lowest BCUT2D eigenvalue weighted by molar-refractivity contribution is 0.0697. The molecule has 6 heteroatoms. The maximum absolute atomic E-state index is 11.5. The van der Waals surface area contributed by atoms with Crippen molar-refractivity contribution < 1.29 is 9.90 Å². The van der Waals surface area contributed by atoms with Crippen LogP contribution in [0, 0.1) is 0 Å². The zero-order chi connectivity index (χ0) is 14.8. The average molecular weight is 318 g/mol. The van der Waals surface area contributed by atoms with Gasteiger partial charge in [0.05, 0.1) is 5.56 Å². The molecule has 3 N–H and O–H groups in total. The van der Waals surface area contributed by atoms with E-state index in [1.807, 2.05) is 30.3 Å². The van der Waals surface area contributed by atoms with Crippen LogP contribution in [-0.4, -0.2) is 16.2 Å². The molecule has 1 aromatic carbocycles. The molecular formula is C15H14N2O2S2. The van der Waals surface area contributed by atoms with Crippen molar-refractivity contribution in [3.05, 3.63) is 46.3 Å². The fourth-order valence-electron chi connectivity index (χ4n) is 2.51. The zero-order valence-corrected chi connectivity index (χ0v) is 12.8. The second-order valence-electron chi connectivity index (χ2n) is 4.81. The summed E-state index contributed by atoms with van der Waals surface area (Å²) in [6.07, 6.45) is 2.84. The van der Waals surface area contributed by atoms with Crippen LogP contribution >= 0.6 is 23.6 Å². The van der Waals surface area contributed by atoms with E-state index in [1.165, 1.54) is 11.3 Å². The molecular weight excluding hydrogens is 304 g/mol. The Hall–Kier alpha value is -1.92. The van der Waals surface area contributed by atoms with E-state index >= 15 is 0 Å². The van der Waals surface area contributed by atoms with Gasteiger partial charge in [-0.05, 0) is 49.2 Å². The number of benzene rings is 1. The predicted molar refractivity (Wildman–Crippen MR) is 89.6 cm³/mol. The monoisotopic (exact) mass is 318 g/mol. The summed E-state index contributed by atoms with van der Waals surface area (Å²) in [5, 5.41) is 16.5. The van der Waals surface area contributed by atoms with Gasteiger partial charge in [0.25, 0.3) is 0 Å². The number of aryl methyl sites for hydroxylation is 1. The molecule has 0 aliphatic heterocycles. The Labute approximate surface area is 131 Å². The van der Waals surface area contributed by atoms with Gasteiger partial charge in [-0.15, -0.1) is 11.3 Å². The van der Waals surface area contributed by atoms with Crippen LogP contribution < -0.4 is 10.6 Å². The van der Waals surface area contributed by atoms with Gasteiger partial charge in [0, 0.05) is 10.6 Å². The molecule has 0 saturated heterocycles. The van der Waals surface area contributed by atoms with Crippen molar-refractivity contribution in [2.24, 2.45) is 0 Å². The number of carboxylic acid groups (broad SMARTS) is 1. The Bertz CT molecular complexity index is 695. The van der Waals surface area contributed by atoms with Gasteiger partial charge in [0.15, 0.2) is 5.11 Å². The maximum atomic E-state index is 11.5. The molecule has 0 amide bonds. The quantitative estimate of drug-likeness (QED) is 0.753. The summed E-state index contributed by atoms with van der Waals surface area (Å²) >= 11 is 6.76. The molecule has 4 nitrogen and oxygen atoms in total. The van der Waals surface area contributed by atoms with Crippen LogP contribution in [0.1, 0.15) is 27.2 Å². The Morgan fingerprint density at radius 3 is 2.67 bits per heavy atom. The fraction of sp³-hybridized carbons (Fsp3) is 0.200. The minimum absolute atomic E-state index is 0.379. The number of thiophene rings is 1. The van der Waals surface area contributed by atoms with E-state index in [4.69, 9.17) is 12.2 Å². The van der Waals surface area contributed by atoms with Crippen molar-refractivity contribution in [1.82, 2.24) is 0 Å². The number of nitrogens with one attached hydrogen (secondary N) is 2. The first-order valence-electron chi connectivity index (χ1n) is 6.66. The molecule has 21 heavy (non-hydrogen) atoms. The minimum Gasteiger partial charge on any atom is -0.478 e. The first kappa shape index (κ1) is 14.0. The number of hydrogen-bond donors (Lipinski definition) is 3. The van der Waals surface area contributed by atoms with E-state index in [0.29, 0.717) is 15.7 Å². The molecule has 2 aromatic rings. The lowest BCUT2D eigenvalue weighted by Gasteiger charge is -2.10. The van der Waals surface area contributed by atoms with E-state index in [9.17, 15) is 9.90 Å². The van der Waals surface area contributed by atoms with Gasteiger partial charge in [-0.3, -0.25) is 0 Å². The highest BCUT2D eigenvalue weighted by molar-refractivity contribution is 7.80. The van der Waals surface area contributed by atoms with Crippen LogP contribution in [-0.2, 0) is 12.8 Å². The van der Waals surface area contributed by atoms with E-state index in [2.05, 4.69) is 10.6 Å². The molecule has 108 valence electrons. The second kappa shape index (κ2) is 5.83. The normalized spacial score (nSPS) is 12.8. The number of thiocarbonyl (C=S) groups is 1. The molecule has 0 unspecified atom stereocenters. The molecule has 0 atom stereocenters. The summed E-state index contributed by atoms with van der Waals surface area (Å²) in [4.78, 5) is 12.6. The number of anilines is 2. The summed E-state index contributed by atoms with van der Waals surface area (Å²) < 4.78 is 0. The van der Waals surface area contributed by atoms with Crippen molar-refractivity contribution in [2.75, 3.05) is 10.6 Å². The van der Waals surface area contributed by atoms with Crippen LogP contribution in [0.4, 0.5) is 10.7 Å². The van der Waals surface area contributed by atoms with Crippen molar-refractivity contribution in [2.45, 2.75) is 19.3 Å². The summed E-state index contributed by atoms with van der Waals surface area (Å²) in [6.45, 7) is 0. The molecule has 0 saturated carbocycles. The van der Waals surface area contributed by atoms with Crippen molar-refractivity contribution in [3.63, 3.8) is 0 Å². The van der Waals surface area contributed by atoms with Gasteiger partial charge in [0.1, 0.15) is 5.00 Å². The Balaban J connectivity index is 1.79. The van der Waals surface area contributed by atoms with Gasteiger partial charge >= 0.3 is 5.97 Å². The third kappa shape index (κ3) is 2.91. The lowest BCUT2D eigenvalue weighted by atomic mass is 10.1. The topological polar surface area (TPSA) is 61.4 Å². The first-order chi connectivity index (χ1) is 10.1. The second-order valence-corrected chi connectivity index (χ2v) is 6.33. The predicted octanol–water partition coefficient (Wildman–Crippen LogP) is 3.74. The SMILES string of the molecule is O=C(O)c1c(NC(=S)Nc2ccccc2)sc2c1CCC2. The van der Waals surface area contributed by atoms with Gasteiger partial charge < -0.3 is 15.7 Å². The molecule has 1 aromatic heterocycles. The molecule has 0 fully saturated rings. The van der Waals surface area contributed by atoms with E-state index in [0.717, 1.165) is 35.4 Å². The summed E-state index contributed by atoms with van der Waals surface area (Å²) in [7, 11) is 0. The van der Waals surface area contributed by atoms with E-state index < -0.39 is 5.97 Å². The van der Waals surface area contributed by atoms with E-state index in [1.54, 1.807) is 0 Å². The van der Waals surface area contributed by atoms with Crippen LogP contribution in [0.3, 0.4) is 0 Å². The summed E-state index contributed by atoms with van der Waals surface area (Å²) in [6, 6.07) is 9.55. The fourth-order valence-corrected chi connectivity index (χ4v) is 4.08. The van der Waals surface area contributed by atoms with Crippen molar-refractivity contribution in [3.8, 4) is 0 Å². The molecule has 1 aliphatic carbocycles. The third-order valence-corrected chi connectivity index (χ3v) is 4.81. The number of hydrogen-bond acceptors (Lipinski definition) is 3. The molecule has 3 rings (SSSR count). The molecule has 1 heterocycles. The Morgan fingerprint density at radius 2 is 1.95 bits per heavy atom. The van der Waals surface area contributed by atoms with Gasteiger partial charge in [0.2, 0.25) is 0 Å². The van der Waals surface area contributed by atoms with Crippen LogP contribution in [0.25, 0.3) is 0 Å². The number of rotatable bonds is 3. The smallest absolute Gasteiger partial charge is 0.339 e. The highest BCUT2D eigenvalue weighted by atomic mass is 32.1. The number of fused-ring (bicyclic) bond motifs is 1. The average Bonchev–Trinajstić information content (AvgIpc) is 2.99. The molecule has 0 radical (unpaired) electrons. The van der Waals surface area contributed by atoms with Crippen LogP contribution in [0.5, 0.6) is 0 Å². The molecule has 0 spiro atoms. The zero-order valence-electron chi connectivity index (χ0n) is 11.2. The molecule has 1 aliphatic rings. The largest absolute Gasteiger partial charge is 0.478 e. The Morgan fingerprint density at radius 1 is 1.19 bits per heavy atom. The number of carboxylic acids is 1. The first-order valence-corrected chi connectivity index (χ1v) is 7.88. The standard InChI is InChI=1S/C15H14N2O2S2/c18-14(19)12-10-7-4-8-11(10)21-13(12)17-15(20)16-9-5-2-1-3-6-9/h1-3,5-6H,4,7-8H2,(H,18,19)(H2,16,17,20). The molecule has 0 bridgehead atoms. The van der Waals surface area contributed by atoms with Crippen molar-refractivity contribution in [1.29, 1.82) is 0 Å². The van der Waals surface area contributed by atoms with Gasteiger partial charge in [-0.25, -0.2) is 4.79 Å². The number of aromatic carboxylic acids is 1. The van der Waals surface area contributed by atoms with E-state index in [-0.39, 0.29) is 0 Å². The minimum atomic E-state index is -0.889. The Kier molecular flexibility index (Phi) is 3.90. The highest BCUT2D eigenvalue weighted by Gasteiger charge is 2.26. The van der Waals surface area contributed by atoms with Crippen LogP contribution in [0.2, 0.25) is 0 Å².